The van der Waals surface area contributed by atoms with Crippen LogP contribution in [-0.4, -0.2) is 50.9 Å². The van der Waals surface area contributed by atoms with E-state index in [1.165, 1.54) is 63.1 Å². The van der Waals surface area contributed by atoms with E-state index in [9.17, 15) is 4.39 Å². The van der Waals surface area contributed by atoms with Crippen molar-refractivity contribution in [2.75, 3.05) is 20.2 Å². The molecule has 1 aliphatic heterocycles. The van der Waals surface area contributed by atoms with Crippen LogP contribution in [0.5, 0.6) is 5.75 Å². The Hall–Kier alpha value is -3.58. The van der Waals surface area contributed by atoms with E-state index >= 15 is 0 Å². The van der Waals surface area contributed by atoms with Crippen LogP contribution in [0.15, 0.2) is 61.1 Å². The molecule has 2 aliphatic rings. The number of nitrogens with zero attached hydrogens (tertiary/aromatic N) is 5. The summed E-state index contributed by atoms with van der Waals surface area (Å²) in [6, 6.07) is 13.9. The van der Waals surface area contributed by atoms with E-state index in [1.54, 1.807) is 24.5 Å². The molecular weight excluding hydrogens is 453 g/mol. The number of aromatic nitrogens is 4. The van der Waals surface area contributed by atoms with Crippen molar-refractivity contribution >= 4 is 0 Å². The maximum atomic E-state index is 14.6. The first-order chi connectivity index (χ1) is 17.7. The lowest BCUT2D eigenvalue weighted by atomic mass is 10.0. The average molecular weight is 484 g/mol. The van der Waals surface area contributed by atoms with Crippen molar-refractivity contribution in [2.24, 2.45) is 0 Å². The van der Waals surface area contributed by atoms with Gasteiger partial charge in [-0.2, -0.15) is 5.10 Å². The summed E-state index contributed by atoms with van der Waals surface area (Å²) in [5.41, 5.74) is 5.73. The number of halogens is 1. The van der Waals surface area contributed by atoms with Crippen LogP contribution in [-0.2, 0) is 12.8 Å². The maximum Gasteiger partial charge on any atom is 0.166 e. The van der Waals surface area contributed by atoms with Crippen molar-refractivity contribution in [3.05, 3.63) is 78.0 Å². The molecule has 3 heterocycles. The quantitative estimate of drug-likeness (QED) is 0.352. The van der Waals surface area contributed by atoms with E-state index < -0.39 is 5.82 Å². The molecule has 184 valence electrons. The smallest absolute Gasteiger partial charge is 0.166 e. The lowest BCUT2D eigenvalue weighted by Gasteiger charge is -2.25. The summed E-state index contributed by atoms with van der Waals surface area (Å²) in [5.74, 6) is 0.270. The van der Waals surface area contributed by atoms with Gasteiger partial charge in [-0.1, -0.05) is 12.1 Å². The number of hydrogen-bond donors (Lipinski definition) is 0. The van der Waals surface area contributed by atoms with Gasteiger partial charge in [0.25, 0.3) is 0 Å². The molecular formula is C29H30FN5O. The Morgan fingerprint density at radius 1 is 1.00 bits per heavy atom. The van der Waals surface area contributed by atoms with Crippen LogP contribution in [0.1, 0.15) is 36.8 Å². The highest BCUT2D eigenvalue weighted by molar-refractivity contribution is 5.68. The second-order valence-corrected chi connectivity index (χ2v) is 9.68. The van der Waals surface area contributed by atoms with Crippen molar-refractivity contribution in [1.29, 1.82) is 0 Å². The topological polar surface area (TPSA) is 56.1 Å². The van der Waals surface area contributed by atoms with Crippen LogP contribution in [0.4, 0.5) is 4.39 Å². The molecule has 4 aromatic rings. The molecule has 6 nitrogen and oxygen atoms in total. The van der Waals surface area contributed by atoms with Crippen LogP contribution in [0.3, 0.4) is 0 Å². The summed E-state index contributed by atoms with van der Waals surface area (Å²) in [7, 11) is 1.51. The van der Waals surface area contributed by atoms with Gasteiger partial charge in [-0.3, -0.25) is 0 Å². The Balaban J connectivity index is 1.25. The molecule has 0 spiro atoms. The number of hydrogen-bond acceptors (Lipinski definition) is 5. The largest absolute Gasteiger partial charge is 0.496 e. The molecule has 36 heavy (non-hydrogen) atoms. The van der Waals surface area contributed by atoms with Gasteiger partial charge in [0.15, 0.2) is 5.82 Å². The second kappa shape index (κ2) is 9.82. The van der Waals surface area contributed by atoms with Crippen LogP contribution < -0.4 is 4.74 Å². The minimum absolute atomic E-state index is 0.257. The first kappa shape index (κ1) is 22.9. The summed E-state index contributed by atoms with van der Waals surface area (Å²) in [4.78, 5) is 11.6. The van der Waals surface area contributed by atoms with Gasteiger partial charge in [0.2, 0.25) is 0 Å². The Morgan fingerprint density at radius 2 is 1.83 bits per heavy atom. The standard InChI is InChI=1S/C29H30FN5O/c1-36-27-6-4-5-25(30)28(27)29-31-14-13-26(33-29)22-18-32-35(19-22)24-12-8-20-7-10-23(11-9-21(20)17-24)34-15-2-3-16-34/h4-6,8,12-14,17-19,23H,2-3,7,9-11,15-16H2,1H3/t23-/m0/s1. The SMILES string of the molecule is COc1cccc(F)c1-c1nccc(-c2cnn(-c3ccc4c(c3)CC[C@@H](N3CCCC3)CC4)c2)n1. The summed E-state index contributed by atoms with van der Waals surface area (Å²) in [6.07, 6.45) is 12.8. The first-order valence-electron chi connectivity index (χ1n) is 12.8. The van der Waals surface area contributed by atoms with Crippen molar-refractivity contribution in [2.45, 2.75) is 44.6 Å². The van der Waals surface area contributed by atoms with Gasteiger partial charge in [0.1, 0.15) is 11.6 Å². The average Bonchev–Trinajstić information content (AvgIpc) is 3.58. The number of fused-ring (bicyclic) bond motifs is 1. The van der Waals surface area contributed by atoms with Gasteiger partial charge in [0, 0.05) is 24.0 Å². The molecule has 2 aromatic carbocycles. The number of ether oxygens (including phenoxy) is 1. The maximum absolute atomic E-state index is 14.6. The molecule has 0 saturated carbocycles. The molecule has 1 saturated heterocycles. The zero-order valence-corrected chi connectivity index (χ0v) is 20.5. The molecule has 1 atom stereocenters. The molecule has 6 rings (SSSR count). The molecule has 1 aliphatic carbocycles. The number of rotatable bonds is 5. The lowest BCUT2D eigenvalue weighted by Crippen LogP contribution is -2.32. The van der Waals surface area contributed by atoms with E-state index in [0.29, 0.717) is 17.5 Å². The van der Waals surface area contributed by atoms with Crippen LogP contribution in [0, 0.1) is 5.82 Å². The number of benzene rings is 2. The highest BCUT2D eigenvalue weighted by Gasteiger charge is 2.24. The second-order valence-electron chi connectivity index (χ2n) is 9.68. The fourth-order valence-electron chi connectivity index (χ4n) is 5.62. The predicted octanol–water partition coefficient (Wildman–Crippen LogP) is 5.49. The van der Waals surface area contributed by atoms with Gasteiger partial charge < -0.3 is 9.64 Å². The molecule has 0 radical (unpaired) electrons. The highest BCUT2D eigenvalue weighted by atomic mass is 19.1. The Bertz CT molecular complexity index is 1380. The fourth-order valence-corrected chi connectivity index (χ4v) is 5.62. The van der Waals surface area contributed by atoms with Crippen LogP contribution in [0.25, 0.3) is 28.3 Å². The van der Waals surface area contributed by atoms with Crippen LogP contribution >= 0.6 is 0 Å². The predicted molar refractivity (Wildman–Crippen MR) is 138 cm³/mol. The molecule has 0 N–H and O–H groups in total. The normalized spacial score (nSPS) is 18.1. The monoisotopic (exact) mass is 483 g/mol. The van der Waals surface area contributed by atoms with Gasteiger partial charge in [-0.15, -0.1) is 0 Å². The zero-order valence-electron chi connectivity index (χ0n) is 20.5. The summed E-state index contributed by atoms with van der Waals surface area (Å²) in [6.45, 7) is 2.52. The van der Waals surface area contributed by atoms with E-state index in [0.717, 1.165) is 24.1 Å². The highest BCUT2D eigenvalue weighted by Crippen LogP contribution is 2.32. The molecule has 0 bridgehead atoms. The molecule has 0 amide bonds. The Labute approximate surface area is 210 Å². The molecule has 2 aromatic heterocycles. The van der Waals surface area contributed by atoms with Crippen molar-refractivity contribution in [3.8, 4) is 34.1 Å². The van der Waals surface area contributed by atoms with Crippen molar-refractivity contribution in [1.82, 2.24) is 24.6 Å². The lowest BCUT2D eigenvalue weighted by molar-refractivity contribution is 0.222. The summed E-state index contributed by atoms with van der Waals surface area (Å²) in [5, 5.41) is 4.62. The Kier molecular flexibility index (Phi) is 6.23. The van der Waals surface area contributed by atoms with Gasteiger partial charge in [0.05, 0.1) is 30.3 Å². The molecule has 1 fully saturated rings. The van der Waals surface area contributed by atoms with E-state index in [-0.39, 0.29) is 11.4 Å². The zero-order chi connectivity index (χ0) is 24.5. The minimum atomic E-state index is -0.417. The number of methoxy groups -OCH3 is 1. The fraction of sp³-hybridized carbons (Fsp3) is 0.345. The third-order valence-electron chi connectivity index (χ3n) is 7.56. The van der Waals surface area contributed by atoms with Crippen molar-refractivity contribution < 1.29 is 9.13 Å². The third kappa shape index (κ3) is 4.39. The molecule has 0 unspecified atom stereocenters. The van der Waals surface area contributed by atoms with E-state index in [1.807, 2.05) is 16.9 Å². The summed E-state index contributed by atoms with van der Waals surface area (Å²) >= 11 is 0. The summed E-state index contributed by atoms with van der Waals surface area (Å²) < 4.78 is 21.8. The third-order valence-corrected chi connectivity index (χ3v) is 7.56. The minimum Gasteiger partial charge on any atom is -0.496 e. The van der Waals surface area contributed by atoms with Gasteiger partial charge in [-0.25, -0.2) is 19.0 Å². The first-order valence-corrected chi connectivity index (χ1v) is 12.8. The van der Waals surface area contributed by atoms with Crippen molar-refractivity contribution in [3.63, 3.8) is 0 Å². The van der Waals surface area contributed by atoms with E-state index in [2.05, 4.69) is 38.2 Å². The van der Waals surface area contributed by atoms with Gasteiger partial charge >= 0.3 is 0 Å². The number of likely N-dealkylation sites (tertiary alicyclic amines) is 1. The van der Waals surface area contributed by atoms with Gasteiger partial charge in [-0.05, 0) is 93.1 Å². The molecule has 7 heteroatoms. The van der Waals surface area contributed by atoms with Crippen LogP contribution in [0.2, 0.25) is 0 Å². The number of aryl methyl sites for hydroxylation is 2. The Morgan fingerprint density at radius 3 is 2.67 bits per heavy atom. The van der Waals surface area contributed by atoms with E-state index in [4.69, 9.17) is 4.74 Å².